The van der Waals surface area contributed by atoms with Crippen molar-refractivity contribution in [2.45, 2.75) is 13.2 Å². The summed E-state index contributed by atoms with van der Waals surface area (Å²) in [6.07, 6.45) is 0. The van der Waals surface area contributed by atoms with E-state index in [1.807, 2.05) is 5.38 Å². The van der Waals surface area contributed by atoms with Crippen LogP contribution in [-0.2, 0) is 13.2 Å². The van der Waals surface area contributed by atoms with E-state index >= 15 is 0 Å². The van der Waals surface area contributed by atoms with Gasteiger partial charge in [0.25, 0.3) is 5.91 Å². The molecule has 0 unspecified atom stereocenters. The lowest BCUT2D eigenvalue weighted by molar-refractivity contribution is 0.0783. The molecule has 134 valence electrons. The third kappa shape index (κ3) is 4.43. The van der Waals surface area contributed by atoms with Crippen LogP contribution in [0, 0.1) is 11.6 Å². The Morgan fingerprint density at radius 1 is 1.23 bits per heavy atom. The van der Waals surface area contributed by atoms with Crippen LogP contribution in [0.5, 0.6) is 5.75 Å². The smallest absolute Gasteiger partial charge is 0.254 e. The van der Waals surface area contributed by atoms with Crippen molar-refractivity contribution in [1.29, 1.82) is 0 Å². The maximum Gasteiger partial charge on any atom is 0.254 e. The number of rotatable bonds is 6. The van der Waals surface area contributed by atoms with Crippen molar-refractivity contribution in [2.24, 2.45) is 0 Å². The molecule has 26 heavy (non-hydrogen) atoms. The molecule has 0 N–H and O–H groups in total. The first-order valence-corrected chi connectivity index (χ1v) is 8.76. The van der Waals surface area contributed by atoms with E-state index in [4.69, 9.17) is 4.74 Å². The number of nitrogens with zero attached hydrogens (tertiary/aromatic N) is 2. The molecule has 0 aliphatic rings. The summed E-state index contributed by atoms with van der Waals surface area (Å²) in [5.74, 6) is -1.06. The van der Waals surface area contributed by atoms with Crippen LogP contribution in [0.4, 0.5) is 8.78 Å². The van der Waals surface area contributed by atoms with Crippen LogP contribution in [0.1, 0.15) is 21.6 Å². The lowest BCUT2D eigenvalue weighted by atomic mass is 10.1. The number of hydrogen-bond donors (Lipinski definition) is 0. The van der Waals surface area contributed by atoms with Gasteiger partial charge in [0.1, 0.15) is 24.0 Å². The lowest BCUT2D eigenvalue weighted by Gasteiger charge is -2.18. The summed E-state index contributed by atoms with van der Waals surface area (Å²) >= 11 is 1.48. The zero-order valence-electron chi connectivity index (χ0n) is 14.0. The fourth-order valence-corrected chi connectivity index (χ4v) is 2.93. The van der Waals surface area contributed by atoms with Crippen LogP contribution in [-0.4, -0.2) is 22.8 Å². The third-order valence-electron chi connectivity index (χ3n) is 3.72. The minimum absolute atomic E-state index is 0.0366. The van der Waals surface area contributed by atoms with Gasteiger partial charge >= 0.3 is 0 Å². The Hall–Kier alpha value is -2.80. The standard InChI is InChI=1S/C19H16F2N2O2S/c1-23(9-14-5-6-15(20)8-18(14)21)19(24)13-3-2-4-17(7-13)25-10-16-11-26-12-22-16/h2-8,11-12H,9-10H2,1H3. The fourth-order valence-electron chi connectivity index (χ4n) is 2.38. The summed E-state index contributed by atoms with van der Waals surface area (Å²) in [4.78, 5) is 18.1. The molecular weight excluding hydrogens is 358 g/mol. The van der Waals surface area contributed by atoms with Crippen LogP contribution in [0.2, 0.25) is 0 Å². The predicted octanol–water partition coefficient (Wildman–Crippen LogP) is 4.27. The number of carbonyl (C=O) groups is 1. The minimum Gasteiger partial charge on any atom is -0.487 e. The molecule has 2 aromatic carbocycles. The molecule has 0 aliphatic heterocycles. The van der Waals surface area contributed by atoms with Gasteiger partial charge in [0.15, 0.2) is 0 Å². The normalized spacial score (nSPS) is 10.6. The van der Waals surface area contributed by atoms with Crippen LogP contribution in [0.3, 0.4) is 0 Å². The van der Waals surface area contributed by atoms with E-state index < -0.39 is 11.6 Å². The Morgan fingerprint density at radius 2 is 2.08 bits per heavy atom. The van der Waals surface area contributed by atoms with E-state index in [0.29, 0.717) is 17.9 Å². The van der Waals surface area contributed by atoms with Gasteiger partial charge in [-0.1, -0.05) is 12.1 Å². The van der Waals surface area contributed by atoms with Crippen molar-refractivity contribution in [3.8, 4) is 5.75 Å². The van der Waals surface area contributed by atoms with Gasteiger partial charge in [-0.2, -0.15) is 0 Å². The molecule has 3 aromatic rings. The topological polar surface area (TPSA) is 42.4 Å². The molecule has 0 radical (unpaired) electrons. The van der Waals surface area contributed by atoms with E-state index in [-0.39, 0.29) is 18.0 Å². The molecule has 4 nitrogen and oxygen atoms in total. The SMILES string of the molecule is CN(Cc1ccc(F)cc1F)C(=O)c1cccc(OCc2cscn2)c1. The molecule has 0 aliphatic carbocycles. The van der Waals surface area contributed by atoms with E-state index in [2.05, 4.69) is 4.98 Å². The van der Waals surface area contributed by atoms with E-state index in [1.165, 1.54) is 28.4 Å². The third-order valence-corrected chi connectivity index (χ3v) is 4.36. The number of ether oxygens (including phenoxy) is 1. The fraction of sp³-hybridized carbons (Fsp3) is 0.158. The van der Waals surface area contributed by atoms with Crippen LogP contribution in [0.25, 0.3) is 0 Å². The number of aromatic nitrogens is 1. The van der Waals surface area contributed by atoms with Gasteiger partial charge in [0.2, 0.25) is 0 Å². The van der Waals surface area contributed by atoms with Crippen molar-refractivity contribution >= 4 is 17.2 Å². The molecule has 0 atom stereocenters. The second kappa shape index (κ2) is 8.05. The molecule has 0 saturated carbocycles. The minimum atomic E-state index is -0.676. The van der Waals surface area contributed by atoms with Gasteiger partial charge in [0, 0.05) is 36.2 Å². The summed E-state index contributed by atoms with van der Waals surface area (Å²) in [6.45, 7) is 0.354. The molecule has 1 heterocycles. The van der Waals surface area contributed by atoms with Crippen LogP contribution < -0.4 is 4.74 Å². The van der Waals surface area contributed by atoms with Gasteiger partial charge < -0.3 is 9.64 Å². The summed E-state index contributed by atoms with van der Waals surface area (Å²) in [6, 6.07) is 10.1. The first-order valence-electron chi connectivity index (χ1n) is 7.82. The van der Waals surface area contributed by atoms with Crippen molar-refractivity contribution in [1.82, 2.24) is 9.88 Å². The highest BCUT2D eigenvalue weighted by molar-refractivity contribution is 7.07. The van der Waals surface area contributed by atoms with Gasteiger partial charge in [-0.15, -0.1) is 11.3 Å². The molecular formula is C19H16F2N2O2S. The molecule has 7 heteroatoms. The van der Waals surface area contributed by atoms with E-state index in [9.17, 15) is 13.6 Å². The van der Waals surface area contributed by atoms with Gasteiger partial charge in [-0.3, -0.25) is 4.79 Å². The Kier molecular flexibility index (Phi) is 5.58. The van der Waals surface area contributed by atoms with Crippen molar-refractivity contribution in [3.63, 3.8) is 0 Å². The largest absolute Gasteiger partial charge is 0.487 e. The Morgan fingerprint density at radius 3 is 2.81 bits per heavy atom. The van der Waals surface area contributed by atoms with Crippen molar-refractivity contribution < 1.29 is 18.3 Å². The van der Waals surface area contributed by atoms with Crippen molar-refractivity contribution in [3.05, 3.63) is 81.8 Å². The maximum absolute atomic E-state index is 13.8. The molecule has 0 saturated heterocycles. The lowest BCUT2D eigenvalue weighted by Crippen LogP contribution is -2.26. The number of thiazole rings is 1. The Bertz CT molecular complexity index is 900. The highest BCUT2D eigenvalue weighted by Gasteiger charge is 2.15. The number of benzene rings is 2. The van der Waals surface area contributed by atoms with Crippen molar-refractivity contribution in [2.75, 3.05) is 7.05 Å². The molecule has 3 rings (SSSR count). The highest BCUT2D eigenvalue weighted by Crippen LogP contribution is 2.18. The second-order valence-corrected chi connectivity index (χ2v) is 6.41. The van der Waals surface area contributed by atoms with Gasteiger partial charge in [0.05, 0.1) is 11.2 Å². The van der Waals surface area contributed by atoms with Crippen LogP contribution >= 0.6 is 11.3 Å². The summed E-state index contributed by atoms with van der Waals surface area (Å²) < 4.78 is 32.4. The molecule has 1 aromatic heterocycles. The molecule has 0 spiro atoms. The number of amides is 1. The summed E-state index contributed by atoms with van der Waals surface area (Å²) in [5.41, 5.74) is 3.21. The highest BCUT2D eigenvalue weighted by atomic mass is 32.1. The van der Waals surface area contributed by atoms with Gasteiger partial charge in [-0.05, 0) is 24.3 Å². The number of hydrogen-bond acceptors (Lipinski definition) is 4. The second-order valence-electron chi connectivity index (χ2n) is 5.69. The molecule has 1 amide bonds. The average Bonchev–Trinajstić information content (AvgIpc) is 3.15. The number of halogens is 2. The summed E-state index contributed by atoms with van der Waals surface area (Å²) in [5, 5.41) is 1.89. The predicted molar refractivity (Wildman–Crippen MR) is 95.0 cm³/mol. The zero-order chi connectivity index (χ0) is 18.5. The van der Waals surface area contributed by atoms with E-state index in [1.54, 1.807) is 36.8 Å². The zero-order valence-corrected chi connectivity index (χ0v) is 14.8. The van der Waals surface area contributed by atoms with Crippen LogP contribution in [0.15, 0.2) is 53.4 Å². The Balaban J connectivity index is 1.67. The van der Waals surface area contributed by atoms with Gasteiger partial charge in [-0.25, -0.2) is 13.8 Å². The quantitative estimate of drug-likeness (QED) is 0.647. The number of carbonyl (C=O) groups excluding carboxylic acids is 1. The maximum atomic E-state index is 13.8. The molecule has 0 fully saturated rings. The first-order chi connectivity index (χ1) is 12.5. The van der Waals surface area contributed by atoms with E-state index in [0.717, 1.165) is 11.8 Å². The first kappa shape index (κ1) is 18.0. The average molecular weight is 374 g/mol. The Labute approximate surface area is 153 Å². The monoisotopic (exact) mass is 374 g/mol. The molecule has 0 bridgehead atoms. The summed E-state index contributed by atoms with van der Waals surface area (Å²) in [7, 11) is 1.56.